The number of phenols is 1. The molecule has 0 radical (unpaired) electrons. The van der Waals surface area contributed by atoms with Crippen molar-refractivity contribution < 1.29 is 10.4 Å². The summed E-state index contributed by atoms with van der Waals surface area (Å²) in [6, 6.07) is 4.91. The predicted octanol–water partition coefficient (Wildman–Crippen LogP) is 0.870. The molecule has 2 nitrogen and oxygen atoms in total. The SMILES string of the molecule is C[NH2+]c1ccc(O)cc1Cl. The fourth-order valence-electron chi connectivity index (χ4n) is 0.750. The molecular weight excluding hydrogens is 150 g/mol. The lowest BCUT2D eigenvalue weighted by Crippen LogP contribution is -2.72. The zero-order chi connectivity index (χ0) is 7.56. The van der Waals surface area contributed by atoms with Crippen molar-refractivity contribution in [1.29, 1.82) is 0 Å². The normalized spacial score (nSPS) is 9.80. The Hall–Kier alpha value is -0.730. The molecule has 54 valence electrons. The summed E-state index contributed by atoms with van der Waals surface area (Å²) in [4.78, 5) is 0. The van der Waals surface area contributed by atoms with Crippen molar-refractivity contribution >= 4 is 17.3 Å². The van der Waals surface area contributed by atoms with Gasteiger partial charge in [0.15, 0.2) is 0 Å². The fourth-order valence-corrected chi connectivity index (χ4v) is 1.03. The molecular formula is C7H9ClNO+. The largest absolute Gasteiger partial charge is 0.508 e. The first-order valence-electron chi connectivity index (χ1n) is 3.02. The molecule has 3 heteroatoms. The topological polar surface area (TPSA) is 36.8 Å². The van der Waals surface area contributed by atoms with Crippen LogP contribution in [0.5, 0.6) is 5.75 Å². The second-order valence-electron chi connectivity index (χ2n) is 1.99. The monoisotopic (exact) mass is 158 g/mol. The van der Waals surface area contributed by atoms with Crippen molar-refractivity contribution in [2.75, 3.05) is 7.05 Å². The summed E-state index contributed by atoms with van der Waals surface area (Å²) in [6.07, 6.45) is 0. The third kappa shape index (κ3) is 1.40. The molecule has 1 aromatic rings. The van der Waals surface area contributed by atoms with Crippen molar-refractivity contribution in [3.63, 3.8) is 0 Å². The maximum atomic E-state index is 8.93. The lowest BCUT2D eigenvalue weighted by molar-refractivity contribution is -0.539. The van der Waals surface area contributed by atoms with E-state index < -0.39 is 0 Å². The highest BCUT2D eigenvalue weighted by molar-refractivity contribution is 6.32. The molecule has 0 saturated carbocycles. The highest BCUT2D eigenvalue weighted by Crippen LogP contribution is 2.21. The van der Waals surface area contributed by atoms with Gasteiger partial charge in [-0.25, -0.2) is 0 Å². The van der Waals surface area contributed by atoms with Crippen molar-refractivity contribution in [3.8, 4) is 5.75 Å². The van der Waals surface area contributed by atoms with Gasteiger partial charge in [0.2, 0.25) is 0 Å². The summed E-state index contributed by atoms with van der Waals surface area (Å²) < 4.78 is 0. The summed E-state index contributed by atoms with van der Waals surface area (Å²) in [5.41, 5.74) is 0.944. The third-order valence-corrected chi connectivity index (χ3v) is 1.62. The van der Waals surface area contributed by atoms with Gasteiger partial charge in [0.25, 0.3) is 0 Å². The summed E-state index contributed by atoms with van der Waals surface area (Å²) >= 11 is 5.74. The highest BCUT2D eigenvalue weighted by atomic mass is 35.5. The third-order valence-electron chi connectivity index (χ3n) is 1.30. The Labute approximate surface area is 64.4 Å². The molecule has 0 amide bonds. The number of hydrogen-bond donors (Lipinski definition) is 2. The van der Waals surface area contributed by atoms with Crippen LogP contribution < -0.4 is 5.32 Å². The average Bonchev–Trinajstić information content (AvgIpc) is 1.88. The summed E-state index contributed by atoms with van der Waals surface area (Å²) in [6.45, 7) is 0. The number of quaternary nitrogens is 1. The first-order valence-corrected chi connectivity index (χ1v) is 3.39. The minimum Gasteiger partial charge on any atom is -0.508 e. The molecule has 0 aliphatic rings. The lowest BCUT2D eigenvalue weighted by atomic mass is 10.3. The molecule has 0 heterocycles. The van der Waals surface area contributed by atoms with E-state index in [4.69, 9.17) is 16.7 Å². The van der Waals surface area contributed by atoms with Gasteiger partial charge in [0, 0.05) is 12.1 Å². The van der Waals surface area contributed by atoms with E-state index in [9.17, 15) is 0 Å². The molecule has 1 rings (SSSR count). The lowest BCUT2D eigenvalue weighted by Gasteiger charge is -1.97. The van der Waals surface area contributed by atoms with E-state index in [0.29, 0.717) is 5.02 Å². The number of nitrogens with two attached hydrogens (primary N) is 1. The molecule has 0 aliphatic heterocycles. The molecule has 1 aromatic carbocycles. The molecule has 3 N–H and O–H groups in total. The van der Waals surface area contributed by atoms with Gasteiger partial charge in [0.1, 0.15) is 16.5 Å². The summed E-state index contributed by atoms with van der Waals surface area (Å²) in [7, 11) is 1.90. The number of benzene rings is 1. The van der Waals surface area contributed by atoms with Crippen LogP contribution in [0.2, 0.25) is 5.02 Å². The van der Waals surface area contributed by atoms with E-state index in [2.05, 4.69) is 0 Å². The van der Waals surface area contributed by atoms with Gasteiger partial charge < -0.3 is 10.4 Å². The van der Waals surface area contributed by atoms with E-state index in [1.54, 1.807) is 12.1 Å². The van der Waals surface area contributed by atoms with Crippen LogP contribution in [0.3, 0.4) is 0 Å². The molecule has 0 bridgehead atoms. The van der Waals surface area contributed by atoms with Crippen LogP contribution in [0.25, 0.3) is 0 Å². The minimum atomic E-state index is 0.204. The molecule has 0 aromatic heterocycles. The Morgan fingerprint density at radius 1 is 1.50 bits per heavy atom. The highest BCUT2D eigenvalue weighted by Gasteiger charge is 2.00. The maximum absolute atomic E-state index is 8.93. The Bertz CT molecular complexity index is 237. The quantitative estimate of drug-likeness (QED) is 0.462. The van der Waals surface area contributed by atoms with E-state index in [1.165, 1.54) is 6.07 Å². The van der Waals surface area contributed by atoms with Crippen LogP contribution in [0, 0.1) is 0 Å². The molecule has 0 unspecified atom stereocenters. The van der Waals surface area contributed by atoms with Gasteiger partial charge >= 0.3 is 0 Å². The molecule has 0 atom stereocenters. The van der Waals surface area contributed by atoms with Crippen LogP contribution in [0.15, 0.2) is 18.2 Å². The number of phenolic OH excluding ortho intramolecular Hbond substituents is 1. The summed E-state index contributed by atoms with van der Waals surface area (Å²) in [5, 5.41) is 11.4. The molecule has 0 spiro atoms. The van der Waals surface area contributed by atoms with Gasteiger partial charge in [-0.15, -0.1) is 0 Å². The first-order chi connectivity index (χ1) is 4.74. The Balaban J connectivity index is 3.07. The summed E-state index contributed by atoms with van der Waals surface area (Å²) in [5.74, 6) is 0.204. The van der Waals surface area contributed by atoms with Crippen LogP contribution in [-0.2, 0) is 0 Å². The Morgan fingerprint density at radius 2 is 2.20 bits per heavy atom. The molecule has 10 heavy (non-hydrogen) atoms. The Morgan fingerprint density at radius 3 is 2.70 bits per heavy atom. The second-order valence-corrected chi connectivity index (χ2v) is 2.40. The average molecular weight is 159 g/mol. The molecule has 0 saturated heterocycles. The van der Waals surface area contributed by atoms with Crippen LogP contribution >= 0.6 is 11.6 Å². The smallest absolute Gasteiger partial charge is 0.148 e. The maximum Gasteiger partial charge on any atom is 0.148 e. The number of hydrogen-bond acceptors (Lipinski definition) is 1. The second kappa shape index (κ2) is 2.90. The Kier molecular flexibility index (Phi) is 2.14. The first kappa shape index (κ1) is 7.38. The van der Waals surface area contributed by atoms with Gasteiger partial charge in [0.05, 0.1) is 7.05 Å². The van der Waals surface area contributed by atoms with Crippen molar-refractivity contribution in [1.82, 2.24) is 0 Å². The van der Waals surface area contributed by atoms with Crippen LogP contribution in [0.1, 0.15) is 0 Å². The van der Waals surface area contributed by atoms with Crippen molar-refractivity contribution in [3.05, 3.63) is 23.2 Å². The van der Waals surface area contributed by atoms with E-state index in [0.717, 1.165) is 5.69 Å². The zero-order valence-corrected chi connectivity index (χ0v) is 6.39. The predicted molar refractivity (Wildman–Crippen MR) is 40.6 cm³/mol. The van der Waals surface area contributed by atoms with E-state index in [-0.39, 0.29) is 5.75 Å². The standard InChI is InChI=1S/C7H8ClNO/c1-9-7-3-2-5(10)4-6(7)8/h2-4,9-10H,1H3/p+1. The molecule has 0 fully saturated rings. The minimum absolute atomic E-state index is 0.204. The van der Waals surface area contributed by atoms with E-state index in [1.807, 2.05) is 12.4 Å². The van der Waals surface area contributed by atoms with Gasteiger partial charge in [-0.05, 0) is 6.07 Å². The zero-order valence-electron chi connectivity index (χ0n) is 5.63. The van der Waals surface area contributed by atoms with Crippen molar-refractivity contribution in [2.45, 2.75) is 0 Å². The fraction of sp³-hybridized carbons (Fsp3) is 0.143. The van der Waals surface area contributed by atoms with Crippen LogP contribution in [0.4, 0.5) is 5.69 Å². The van der Waals surface area contributed by atoms with Gasteiger partial charge in [-0.1, -0.05) is 11.6 Å². The van der Waals surface area contributed by atoms with E-state index >= 15 is 0 Å². The van der Waals surface area contributed by atoms with Gasteiger partial charge in [-0.2, -0.15) is 0 Å². The van der Waals surface area contributed by atoms with Gasteiger partial charge in [-0.3, -0.25) is 0 Å². The molecule has 0 aliphatic carbocycles. The number of halogens is 1. The number of aromatic hydroxyl groups is 1. The van der Waals surface area contributed by atoms with Crippen molar-refractivity contribution in [2.24, 2.45) is 0 Å². The van der Waals surface area contributed by atoms with Crippen LogP contribution in [-0.4, -0.2) is 12.2 Å². The number of rotatable bonds is 1.